The Morgan fingerprint density at radius 1 is 1.47 bits per heavy atom. The Bertz CT molecular complexity index is 624. The van der Waals surface area contributed by atoms with Crippen molar-refractivity contribution in [2.24, 2.45) is 0 Å². The number of aromatic nitrogens is 2. The molecule has 0 amide bonds. The van der Waals surface area contributed by atoms with Crippen LogP contribution in [0, 0.1) is 10.1 Å². The van der Waals surface area contributed by atoms with E-state index in [2.05, 4.69) is 25.9 Å². The van der Waals surface area contributed by atoms with Crippen LogP contribution in [0.4, 0.5) is 5.69 Å². The molecule has 8 heteroatoms. The Balaban J connectivity index is 2.12. The lowest BCUT2D eigenvalue weighted by Crippen LogP contribution is -2.00. The minimum Gasteiger partial charge on any atom is -0.472 e. The Hall–Kier alpha value is -1.73. The maximum Gasteiger partial charge on any atom is 0.269 e. The number of rotatable bonds is 4. The quantitative estimate of drug-likeness (QED) is 0.482. The average Bonchev–Trinajstić information content (AvgIpc) is 2.40. The van der Waals surface area contributed by atoms with E-state index in [1.165, 1.54) is 18.3 Å². The van der Waals surface area contributed by atoms with Crippen LogP contribution in [0.5, 0.6) is 5.88 Å². The van der Waals surface area contributed by atoms with Gasteiger partial charge in [-0.2, -0.15) is 4.98 Å². The number of nitrogens with zero attached hydrogens (tertiary/aromatic N) is 3. The highest BCUT2D eigenvalue weighted by molar-refractivity contribution is 9.10. The highest BCUT2D eigenvalue weighted by atomic mass is 79.9. The van der Waals surface area contributed by atoms with Gasteiger partial charge in [0.2, 0.25) is 11.2 Å². The minimum atomic E-state index is -0.457. The second-order valence-electron chi connectivity index (χ2n) is 3.51. The monoisotopic (exact) mass is 343 g/mol. The first-order valence-electron chi connectivity index (χ1n) is 5.10. The van der Waals surface area contributed by atoms with Gasteiger partial charge in [-0.1, -0.05) is 12.1 Å². The van der Waals surface area contributed by atoms with Gasteiger partial charge in [-0.25, -0.2) is 4.98 Å². The number of non-ortho nitro benzene ring substituents is 1. The molecule has 0 bridgehead atoms. The summed E-state index contributed by atoms with van der Waals surface area (Å²) in [7, 11) is 0. The van der Waals surface area contributed by atoms with Gasteiger partial charge in [-0.05, 0) is 33.1 Å². The van der Waals surface area contributed by atoms with Crippen molar-refractivity contribution < 1.29 is 9.66 Å². The summed E-state index contributed by atoms with van der Waals surface area (Å²) >= 11 is 8.88. The summed E-state index contributed by atoms with van der Waals surface area (Å²) in [4.78, 5) is 17.9. The van der Waals surface area contributed by atoms with E-state index in [-0.39, 0.29) is 23.5 Å². The van der Waals surface area contributed by atoms with Crippen LogP contribution in [-0.4, -0.2) is 14.9 Å². The first-order chi connectivity index (χ1) is 9.06. The molecule has 0 spiro atoms. The Morgan fingerprint density at radius 3 is 3.00 bits per heavy atom. The van der Waals surface area contributed by atoms with E-state index in [1.54, 1.807) is 12.1 Å². The second kappa shape index (κ2) is 5.94. The summed E-state index contributed by atoms with van der Waals surface area (Å²) in [5, 5.41) is 10.7. The van der Waals surface area contributed by atoms with Crippen molar-refractivity contribution in [2.45, 2.75) is 6.61 Å². The van der Waals surface area contributed by atoms with Gasteiger partial charge in [0.25, 0.3) is 5.69 Å². The zero-order valence-corrected chi connectivity index (χ0v) is 11.8. The fourth-order valence-corrected chi connectivity index (χ4v) is 1.77. The number of halogens is 2. The molecule has 0 unspecified atom stereocenters. The van der Waals surface area contributed by atoms with Gasteiger partial charge in [-0.3, -0.25) is 10.1 Å². The van der Waals surface area contributed by atoms with Gasteiger partial charge in [0.15, 0.2) is 0 Å². The summed E-state index contributed by atoms with van der Waals surface area (Å²) in [6.45, 7) is 0.146. The molecule has 6 nitrogen and oxygen atoms in total. The SMILES string of the molecule is O=[N+]([O-])c1cccc(COc2nc(Cl)ncc2Br)c1. The van der Waals surface area contributed by atoms with Gasteiger partial charge in [0.05, 0.1) is 9.40 Å². The van der Waals surface area contributed by atoms with Crippen LogP contribution in [0.2, 0.25) is 5.28 Å². The van der Waals surface area contributed by atoms with E-state index in [0.717, 1.165) is 0 Å². The third-order valence-electron chi connectivity index (χ3n) is 2.18. The smallest absolute Gasteiger partial charge is 0.269 e. The predicted molar refractivity (Wildman–Crippen MR) is 72.2 cm³/mol. The lowest BCUT2D eigenvalue weighted by molar-refractivity contribution is -0.384. The van der Waals surface area contributed by atoms with E-state index < -0.39 is 4.92 Å². The van der Waals surface area contributed by atoms with Crippen LogP contribution in [0.25, 0.3) is 0 Å². The molecule has 0 fully saturated rings. The first-order valence-corrected chi connectivity index (χ1v) is 6.27. The van der Waals surface area contributed by atoms with Crippen molar-refractivity contribution in [3.8, 4) is 5.88 Å². The van der Waals surface area contributed by atoms with Crippen molar-refractivity contribution >= 4 is 33.2 Å². The highest BCUT2D eigenvalue weighted by Gasteiger charge is 2.08. The molecule has 0 saturated carbocycles. The van der Waals surface area contributed by atoms with Gasteiger partial charge in [0.1, 0.15) is 6.61 Å². The van der Waals surface area contributed by atoms with E-state index >= 15 is 0 Å². The van der Waals surface area contributed by atoms with E-state index in [1.807, 2.05) is 0 Å². The first kappa shape index (κ1) is 13.7. The van der Waals surface area contributed by atoms with Gasteiger partial charge in [0, 0.05) is 18.3 Å². The van der Waals surface area contributed by atoms with Gasteiger partial charge >= 0.3 is 0 Å². The Labute approximate surface area is 121 Å². The molecule has 0 aliphatic rings. The molecule has 19 heavy (non-hydrogen) atoms. The van der Waals surface area contributed by atoms with Crippen molar-refractivity contribution in [1.29, 1.82) is 0 Å². The molecule has 1 aromatic heterocycles. The number of nitro benzene ring substituents is 1. The maximum atomic E-state index is 10.6. The molecule has 2 aromatic rings. The third kappa shape index (κ3) is 3.62. The van der Waals surface area contributed by atoms with Crippen LogP contribution in [0.3, 0.4) is 0 Å². The van der Waals surface area contributed by atoms with Crippen molar-refractivity contribution in [3.63, 3.8) is 0 Å². The number of nitro groups is 1. The third-order valence-corrected chi connectivity index (χ3v) is 2.91. The van der Waals surface area contributed by atoms with Crippen LogP contribution >= 0.6 is 27.5 Å². The molecule has 0 aliphatic heterocycles. The Morgan fingerprint density at radius 2 is 2.26 bits per heavy atom. The van der Waals surface area contributed by atoms with Gasteiger partial charge < -0.3 is 4.74 Å². The summed E-state index contributed by atoms with van der Waals surface area (Å²) in [5.74, 6) is 0.284. The minimum absolute atomic E-state index is 0.0147. The highest BCUT2D eigenvalue weighted by Crippen LogP contribution is 2.24. The molecular weight excluding hydrogens is 337 g/mol. The summed E-state index contributed by atoms with van der Waals surface area (Å²) in [6, 6.07) is 6.18. The number of ether oxygens (including phenoxy) is 1. The van der Waals surface area contributed by atoms with Crippen LogP contribution < -0.4 is 4.74 Å². The molecule has 0 N–H and O–H groups in total. The molecule has 0 saturated heterocycles. The van der Waals surface area contributed by atoms with Crippen LogP contribution in [0.1, 0.15) is 5.56 Å². The Kier molecular flexibility index (Phi) is 4.28. The fourth-order valence-electron chi connectivity index (χ4n) is 1.34. The molecule has 1 heterocycles. The summed E-state index contributed by atoms with van der Waals surface area (Å²) in [5.41, 5.74) is 0.678. The van der Waals surface area contributed by atoms with Crippen LogP contribution in [-0.2, 0) is 6.61 Å². The summed E-state index contributed by atoms with van der Waals surface area (Å²) < 4.78 is 5.99. The second-order valence-corrected chi connectivity index (χ2v) is 4.70. The molecule has 1 aromatic carbocycles. The molecule has 0 atom stereocenters. The van der Waals surface area contributed by atoms with Crippen molar-refractivity contribution in [3.05, 3.63) is 55.9 Å². The zero-order valence-electron chi connectivity index (χ0n) is 9.42. The lowest BCUT2D eigenvalue weighted by Gasteiger charge is -2.06. The van der Waals surface area contributed by atoms with Gasteiger partial charge in [-0.15, -0.1) is 0 Å². The standard InChI is InChI=1S/C11H7BrClN3O3/c12-9-5-14-11(13)15-10(9)19-6-7-2-1-3-8(4-7)16(17)18/h1-5H,6H2. The molecular formula is C11H7BrClN3O3. The van der Waals surface area contributed by atoms with Crippen LogP contribution in [0.15, 0.2) is 34.9 Å². The van der Waals surface area contributed by atoms with E-state index in [4.69, 9.17) is 16.3 Å². The molecule has 2 rings (SSSR count). The number of hydrogen-bond acceptors (Lipinski definition) is 5. The molecule has 98 valence electrons. The normalized spacial score (nSPS) is 10.2. The van der Waals surface area contributed by atoms with Crippen molar-refractivity contribution in [2.75, 3.05) is 0 Å². The number of hydrogen-bond donors (Lipinski definition) is 0. The number of benzene rings is 1. The van der Waals surface area contributed by atoms with Crippen molar-refractivity contribution in [1.82, 2.24) is 9.97 Å². The van der Waals surface area contributed by atoms with E-state index in [9.17, 15) is 10.1 Å². The van der Waals surface area contributed by atoms with E-state index in [0.29, 0.717) is 10.0 Å². The maximum absolute atomic E-state index is 10.6. The average molecular weight is 345 g/mol. The molecule has 0 aliphatic carbocycles. The zero-order chi connectivity index (χ0) is 13.8. The predicted octanol–water partition coefficient (Wildman–Crippen LogP) is 3.38. The summed E-state index contributed by atoms with van der Waals surface area (Å²) in [6.07, 6.45) is 1.47. The lowest BCUT2D eigenvalue weighted by atomic mass is 10.2. The topological polar surface area (TPSA) is 78.2 Å². The largest absolute Gasteiger partial charge is 0.472 e. The molecule has 0 radical (unpaired) electrons. The fraction of sp³-hybridized carbons (Fsp3) is 0.0909.